The van der Waals surface area contributed by atoms with Crippen molar-refractivity contribution in [1.29, 1.82) is 0 Å². The molecule has 1 unspecified atom stereocenters. The number of carbonyl (C=O) groups excluding carboxylic acids is 2. The first kappa shape index (κ1) is 19.9. The molecule has 1 atom stereocenters. The molecule has 3 rings (SSSR count). The van der Waals surface area contributed by atoms with Crippen molar-refractivity contribution in [2.24, 2.45) is 5.92 Å². The summed E-state index contributed by atoms with van der Waals surface area (Å²) in [6, 6.07) is 1.99. The number of piperidine rings is 1. The van der Waals surface area contributed by atoms with E-state index >= 15 is 0 Å². The summed E-state index contributed by atoms with van der Waals surface area (Å²) >= 11 is 0. The summed E-state index contributed by atoms with van der Waals surface area (Å²) in [5, 5.41) is 4.68. The smallest absolute Gasteiger partial charge is 0.306 e. The van der Waals surface area contributed by atoms with E-state index in [2.05, 4.69) is 25.9 Å². The maximum atomic E-state index is 13.1. The third-order valence-corrected chi connectivity index (χ3v) is 5.22. The van der Waals surface area contributed by atoms with Crippen LogP contribution in [0.4, 0.5) is 0 Å². The minimum Gasteiger partial charge on any atom is -0.463 e. The molecule has 0 N–H and O–H groups in total. The lowest BCUT2D eigenvalue weighted by molar-refractivity contribution is -0.148. The Morgan fingerprint density at radius 2 is 1.96 bits per heavy atom. The van der Waals surface area contributed by atoms with Gasteiger partial charge in [-0.1, -0.05) is 0 Å². The molecule has 0 aromatic carbocycles. The summed E-state index contributed by atoms with van der Waals surface area (Å²) in [5.74, 6) is 0.527. The third-order valence-electron chi connectivity index (χ3n) is 5.22. The highest BCUT2D eigenvalue weighted by molar-refractivity contribution is 5.92. The molecule has 2 aliphatic rings. The van der Waals surface area contributed by atoms with E-state index in [1.165, 1.54) is 18.5 Å². The van der Waals surface area contributed by atoms with Crippen molar-refractivity contribution in [3.8, 4) is 0 Å². The van der Waals surface area contributed by atoms with Crippen molar-refractivity contribution in [1.82, 2.24) is 14.7 Å². The molecule has 1 aromatic heterocycles. The van der Waals surface area contributed by atoms with Crippen molar-refractivity contribution >= 4 is 11.9 Å². The van der Waals surface area contributed by atoms with Gasteiger partial charge in [0.25, 0.3) is 5.91 Å². The molecule has 1 aromatic rings. The number of aromatic nitrogens is 2. The fraction of sp³-hybridized carbons (Fsp3) is 0.762. The largest absolute Gasteiger partial charge is 0.463 e. The van der Waals surface area contributed by atoms with E-state index in [0.29, 0.717) is 24.6 Å². The first-order valence-electron chi connectivity index (χ1n) is 10.2. The number of esters is 1. The average Bonchev–Trinajstić information content (AvgIpc) is 3.30. The van der Waals surface area contributed by atoms with Crippen LogP contribution in [0, 0.1) is 5.92 Å². The quantitative estimate of drug-likeness (QED) is 0.736. The number of ether oxygens (including phenoxy) is 1. The second kappa shape index (κ2) is 7.64. The van der Waals surface area contributed by atoms with Gasteiger partial charge < -0.3 is 9.64 Å². The predicted octanol–water partition coefficient (Wildman–Crippen LogP) is 3.71. The van der Waals surface area contributed by atoms with Gasteiger partial charge in [0.05, 0.1) is 18.1 Å². The van der Waals surface area contributed by atoms with Crippen LogP contribution >= 0.6 is 0 Å². The lowest BCUT2D eigenvalue weighted by Crippen LogP contribution is -2.41. The Morgan fingerprint density at radius 1 is 1.26 bits per heavy atom. The molecule has 6 heteroatoms. The predicted molar refractivity (Wildman–Crippen MR) is 104 cm³/mol. The van der Waals surface area contributed by atoms with E-state index in [1.807, 2.05) is 29.5 Å². The summed E-state index contributed by atoms with van der Waals surface area (Å²) < 4.78 is 7.29. The summed E-state index contributed by atoms with van der Waals surface area (Å²) in [4.78, 5) is 26.9. The minimum absolute atomic E-state index is 0.0122. The Balaban J connectivity index is 1.69. The average molecular weight is 376 g/mol. The van der Waals surface area contributed by atoms with Crippen LogP contribution in [-0.4, -0.2) is 45.8 Å². The van der Waals surface area contributed by atoms with E-state index in [4.69, 9.17) is 4.74 Å². The lowest BCUT2D eigenvalue weighted by atomic mass is 9.94. The zero-order chi connectivity index (χ0) is 19.8. The van der Waals surface area contributed by atoms with Crippen LogP contribution in [0.2, 0.25) is 0 Å². The van der Waals surface area contributed by atoms with Crippen LogP contribution < -0.4 is 0 Å². The molecule has 0 bridgehead atoms. The van der Waals surface area contributed by atoms with Crippen LogP contribution in [0.1, 0.15) is 88.8 Å². The van der Waals surface area contributed by atoms with Crippen molar-refractivity contribution in [2.75, 3.05) is 13.1 Å². The van der Waals surface area contributed by atoms with E-state index in [1.54, 1.807) is 0 Å². The summed E-state index contributed by atoms with van der Waals surface area (Å²) in [6.45, 7) is 11.4. The van der Waals surface area contributed by atoms with Crippen LogP contribution in [-0.2, 0) is 15.1 Å². The van der Waals surface area contributed by atoms with Gasteiger partial charge in [0.15, 0.2) is 5.69 Å². The van der Waals surface area contributed by atoms with Gasteiger partial charge in [0.1, 0.15) is 0 Å². The number of likely N-dealkylation sites (tertiary alicyclic amines) is 1. The van der Waals surface area contributed by atoms with Crippen molar-refractivity contribution in [3.05, 3.63) is 17.5 Å². The highest BCUT2D eigenvalue weighted by atomic mass is 16.5. The molecule has 1 aliphatic heterocycles. The molecule has 1 saturated heterocycles. The number of rotatable bonds is 5. The van der Waals surface area contributed by atoms with Crippen LogP contribution in [0.15, 0.2) is 6.07 Å². The summed E-state index contributed by atoms with van der Waals surface area (Å²) in [7, 11) is 0. The lowest BCUT2D eigenvalue weighted by Gasteiger charge is -2.32. The highest BCUT2D eigenvalue weighted by Gasteiger charge is 2.34. The van der Waals surface area contributed by atoms with Gasteiger partial charge in [-0.2, -0.15) is 5.10 Å². The summed E-state index contributed by atoms with van der Waals surface area (Å²) in [5.41, 5.74) is 1.58. The van der Waals surface area contributed by atoms with E-state index in [0.717, 1.165) is 19.4 Å². The standard InChI is InChI=1S/C21H33N3O3/c1-14(2)27-19(25)11-15-7-6-10-23(13-15)20(26)17-12-18(16-8-9-16)24(22-17)21(3,4)5/h12,14-16H,6-11,13H2,1-5H3. The Morgan fingerprint density at radius 3 is 2.56 bits per heavy atom. The van der Waals surface area contributed by atoms with Gasteiger partial charge in [-0.25, -0.2) is 0 Å². The van der Waals surface area contributed by atoms with Crippen molar-refractivity contribution in [2.45, 2.75) is 84.3 Å². The number of hydrogen-bond donors (Lipinski definition) is 0. The van der Waals surface area contributed by atoms with Gasteiger partial charge in [0, 0.05) is 24.7 Å². The summed E-state index contributed by atoms with van der Waals surface area (Å²) in [6.07, 6.45) is 4.52. The molecule has 2 heterocycles. The molecule has 1 amide bonds. The minimum atomic E-state index is -0.169. The Bertz CT molecular complexity index is 698. The fourth-order valence-electron chi connectivity index (χ4n) is 3.83. The van der Waals surface area contributed by atoms with Gasteiger partial charge in [0.2, 0.25) is 0 Å². The molecule has 6 nitrogen and oxygen atoms in total. The van der Waals surface area contributed by atoms with Crippen LogP contribution in [0.3, 0.4) is 0 Å². The Kier molecular flexibility index (Phi) is 5.63. The van der Waals surface area contributed by atoms with Crippen LogP contribution in [0.25, 0.3) is 0 Å². The third kappa shape index (κ3) is 4.90. The Labute approximate surface area is 162 Å². The fourth-order valence-corrected chi connectivity index (χ4v) is 3.83. The van der Waals surface area contributed by atoms with Crippen LogP contribution in [0.5, 0.6) is 0 Å². The molecule has 150 valence electrons. The maximum Gasteiger partial charge on any atom is 0.306 e. The zero-order valence-electron chi connectivity index (χ0n) is 17.3. The SMILES string of the molecule is CC(C)OC(=O)CC1CCCN(C(=O)c2cc(C3CC3)n(C(C)(C)C)n2)C1. The van der Waals surface area contributed by atoms with E-state index < -0.39 is 0 Å². The van der Waals surface area contributed by atoms with Crippen molar-refractivity contribution in [3.63, 3.8) is 0 Å². The first-order valence-corrected chi connectivity index (χ1v) is 10.2. The molecular formula is C21H33N3O3. The zero-order valence-corrected chi connectivity index (χ0v) is 17.3. The molecule has 27 heavy (non-hydrogen) atoms. The number of carbonyl (C=O) groups is 2. The molecule has 0 radical (unpaired) electrons. The van der Waals surface area contributed by atoms with Gasteiger partial charge in [-0.05, 0) is 72.3 Å². The van der Waals surface area contributed by atoms with E-state index in [9.17, 15) is 9.59 Å². The number of hydrogen-bond acceptors (Lipinski definition) is 4. The van der Waals surface area contributed by atoms with Crippen molar-refractivity contribution < 1.29 is 14.3 Å². The normalized spacial score (nSPS) is 20.8. The molecule has 0 spiro atoms. The highest BCUT2D eigenvalue weighted by Crippen LogP contribution is 2.42. The molecule has 1 saturated carbocycles. The topological polar surface area (TPSA) is 64.4 Å². The van der Waals surface area contributed by atoms with Gasteiger partial charge in [-0.3, -0.25) is 14.3 Å². The van der Waals surface area contributed by atoms with Gasteiger partial charge in [-0.15, -0.1) is 0 Å². The number of nitrogens with zero attached hydrogens (tertiary/aromatic N) is 3. The first-order chi connectivity index (χ1) is 12.6. The second-order valence-corrected chi connectivity index (χ2v) is 9.31. The molecule has 2 fully saturated rings. The van der Waals surface area contributed by atoms with Gasteiger partial charge >= 0.3 is 5.97 Å². The maximum absolute atomic E-state index is 13.1. The molecule has 1 aliphatic carbocycles. The number of amides is 1. The van der Waals surface area contributed by atoms with E-state index in [-0.39, 0.29) is 29.4 Å². The Hall–Kier alpha value is -1.85. The second-order valence-electron chi connectivity index (χ2n) is 9.31. The molecular weight excluding hydrogens is 342 g/mol. The monoisotopic (exact) mass is 375 g/mol.